The predicted octanol–water partition coefficient (Wildman–Crippen LogP) is 5.66. The standard InChI is InChI=1S/C26H32O5/c1-15(2)16(3)26(29-4)22-7-5-6-21-20(22)10-11-23(21)31-18-8-9-19-17(12-25(27)28)14-30-24(19)13-18/h5-9,13,15-17,23,26H,10-12,14H2,1-4H3,(H,27,28)/p+1/t16?,17-,23-,26?/m1/s1. The van der Waals surface area contributed by atoms with E-state index in [1.807, 2.05) is 18.2 Å². The van der Waals surface area contributed by atoms with Gasteiger partial charge >= 0.3 is 5.97 Å². The Morgan fingerprint density at radius 2 is 2.00 bits per heavy atom. The maximum absolute atomic E-state index is 9.20. The number of carboxylic acid groups (broad SMARTS) is 1. The third-order valence-corrected chi connectivity index (χ3v) is 6.91. The van der Waals surface area contributed by atoms with Gasteiger partial charge in [0.05, 0.1) is 12.7 Å². The Bertz CT molecular complexity index is 951. The van der Waals surface area contributed by atoms with Crippen molar-refractivity contribution < 1.29 is 24.1 Å². The molecule has 5 heteroatoms. The normalized spacial score (nSPS) is 21.3. The van der Waals surface area contributed by atoms with E-state index in [-0.39, 0.29) is 24.5 Å². The van der Waals surface area contributed by atoms with E-state index in [4.69, 9.17) is 14.2 Å². The third-order valence-electron chi connectivity index (χ3n) is 6.91. The highest BCUT2D eigenvalue weighted by molar-refractivity contribution is 5.70. The second kappa shape index (κ2) is 8.91. The van der Waals surface area contributed by atoms with Crippen LogP contribution in [0.15, 0.2) is 36.4 Å². The molecule has 5 nitrogen and oxygen atoms in total. The Kier molecular flexibility index (Phi) is 6.24. The van der Waals surface area contributed by atoms with E-state index < -0.39 is 5.97 Å². The van der Waals surface area contributed by atoms with E-state index in [9.17, 15) is 9.90 Å². The molecule has 2 aliphatic rings. The summed E-state index contributed by atoms with van der Waals surface area (Å²) in [5.41, 5.74) is 4.88. The largest absolute Gasteiger partial charge is 0.492 e. The molecule has 0 radical (unpaired) electrons. The summed E-state index contributed by atoms with van der Waals surface area (Å²) in [6.07, 6.45) is 2.20. The number of aliphatic carboxylic acids is 1. The number of aliphatic hydroxyl groups excluding tert-OH is 1. The van der Waals surface area contributed by atoms with Crippen LogP contribution in [0.4, 0.5) is 0 Å². The van der Waals surface area contributed by atoms with Crippen LogP contribution >= 0.6 is 0 Å². The number of fused-ring (bicyclic) bond motifs is 2. The van der Waals surface area contributed by atoms with E-state index in [0.717, 1.165) is 29.9 Å². The zero-order valence-corrected chi connectivity index (χ0v) is 18.8. The first-order valence-corrected chi connectivity index (χ1v) is 11.2. The first kappa shape index (κ1) is 21.7. The second-order valence-electron chi connectivity index (χ2n) is 9.15. The number of ether oxygens (including phenoxy) is 3. The first-order chi connectivity index (χ1) is 14.9. The number of methoxy groups -OCH3 is 1. The van der Waals surface area contributed by atoms with Gasteiger partial charge in [-0.1, -0.05) is 45.0 Å². The number of hydrogen-bond acceptors (Lipinski definition) is 3. The fraction of sp³-hybridized carbons (Fsp3) is 0.500. The van der Waals surface area contributed by atoms with Crippen LogP contribution in [0.3, 0.4) is 0 Å². The number of hydrogen-bond donors (Lipinski definition) is 1. The van der Waals surface area contributed by atoms with Gasteiger partial charge < -0.3 is 24.1 Å². The molecular formula is C26H33O5+. The first-order valence-electron chi connectivity index (χ1n) is 11.2. The van der Waals surface area contributed by atoms with Crippen LogP contribution in [-0.2, 0) is 11.2 Å². The molecule has 0 bridgehead atoms. The van der Waals surface area contributed by atoms with Crippen molar-refractivity contribution in [3.8, 4) is 11.5 Å². The van der Waals surface area contributed by atoms with Gasteiger partial charge in [0.2, 0.25) is 0 Å². The lowest BCUT2D eigenvalue weighted by molar-refractivity contribution is 0.0394. The second-order valence-corrected chi connectivity index (χ2v) is 9.15. The molecule has 166 valence electrons. The van der Waals surface area contributed by atoms with E-state index in [1.54, 1.807) is 7.11 Å². The van der Waals surface area contributed by atoms with Gasteiger partial charge in [-0.25, -0.2) is 0 Å². The smallest absolute Gasteiger partial charge is 0.481 e. The van der Waals surface area contributed by atoms with E-state index in [2.05, 4.69) is 39.0 Å². The fourth-order valence-electron chi connectivity index (χ4n) is 4.89. The topological polar surface area (TPSA) is 69.3 Å². The lowest BCUT2D eigenvalue weighted by atomic mass is 9.85. The van der Waals surface area contributed by atoms with Crippen LogP contribution in [0.2, 0.25) is 0 Å². The maximum atomic E-state index is 9.20. The molecule has 4 atom stereocenters. The molecule has 0 spiro atoms. The van der Waals surface area contributed by atoms with Crippen LogP contribution in [-0.4, -0.2) is 29.6 Å². The van der Waals surface area contributed by atoms with Crippen molar-refractivity contribution >= 4 is 5.97 Å². The molecule has 2 N–H and O–H groups in total. The minimum Gasteiger partial charge on any atom is -0.492 e. The Balaban J connectivity index is 1.54. The molecule has 0 saturated carbocycles. The highest BCUT2D eigenvalue weighted by Gasteiger charge is 2.32. The van der Waals surface area contributed by atoms with E-state index in [1.165, 1.54) is 16.7 Å². The van der Waals surface area contributed by atoms with Crippen molar-refractivity contribution in [3.05, 3.63) is 58.7 Å². The van der Waals surface area contributed by atoms with Crippen molar-refractivity contribution in [2.24, 2.45) is 11.8 Å². The van der Waals surface area contributed by atoms with Gasteiger partial charge in [-0.05, 0) is 47.4 Å². The SMILES string of the molecule is COC(c1cccc2c1CC[C@H]2Oc1ccc2c(c1)OC[C@H]2CC(O)=[OH+])C(C)C(C)C. The van der Waals surface area contributed by atoms with Gasteiger partial charge in [-0.15, -0.1) is 0 Å². The minimum absolute atomic E-state index is 0.00637. The Morgan fingerprint density at radius 1 is 1.19 bits per heavy atom. The molecular weight excluding hydrogens is 392 g/mol. The number of carboxylic acids is 1. The van der Waals surface area contributed by atoms with Crippen molar-refractivity contribution in [3.63, 3.8) is 0 Å². The van der Waals surface area contributed by atoms with Crippen LogP contribution < -0.4 is 9.47 Å². The van der Waals surface area contributed by atoms with Crippen molar-refractivity contribution in [1.82, 2.24) is 0 Å². The van der Waals surface area contributed by atoms with Crippen LogP contribution in [0, 0.1) is 11.8 Å². The van der Waals surface area contributed by atoms with E-state index in [0.29, 0.717) is 18.4 Å². The molecule has 0 aromatic heterocycles. The monoisotopic (exact) mass is 425 g/mol. The highest BCUT2D eigenvalue weighted by atomic mass is 16.5. The molecule has 4 rings (SSSR count). The average Bonchev–Trinajstić information content (AvgIpc) is 3.32. The fourth-order valence-corrected chi connectivity index (χ4v) is 4.89. The zero-order chi connectivity index (χ0) is 22.1. The summed E-state index contributed by atoms with van der Waals surface area (Å²) >= 11 is 0. The molecule has 2 aromatic carbocycles. The molecule has 1 aliphatic heterocycles. The summed E-state index contributed by atoms with van der Waals surface area (Å²) in [5.74, 6) is 1.92. The maximum Gasteiger partial charge on any atom is 0.481 e. The quantitative estimate of drug-likeness (QED) is 0.554. The molecule has 0 fully saturated rings. The van der Waals surface area contributed by atoms with Crippen LogP contribution in [0.1, 0.15) is 74.0 Å². The van der Waals surface area contributed by atoms with Crippen LogP contribution in [0.25, 0.3) is 0 Å². The van der Waals surface area contributed by atoms with Gasteiger partial charge in [0, 0.05) is 24.7 Å². The molecule has 2 unspecified atom stereocenters. The third kappa shape index (κ3) is 4.29. The van der Waals surface area contributed by atoms with Gasteiger partial charge in [-0.3, -0.25) is 0 Å². The van der Waals surface area contributed by atoms with Crippen molar-refractivity contribution in [1.29, 1.82) is 0 Å². The molecule has 31 heavy (non-hydrogen) atoms. The summed E-state index contributed by atoms with van der Waals surface area (Å²) in [5, 5.41) is 9.20. The summed E-state index contributed by atoms with van der Waals surface area (Å²) < 4.78 is 18.1. The van der Waals surface area contributed by atoms with Gasteiger partial charge in [0.15, 0.2) is 0 Å². The summed E-state index contributed by atoms with van der Waals surface area (Å²) in [7, 11) is 1.80. The molecule has 1 aliphatic carbocycles. The molecule has 0 amide bonds. The van der Waals surface area contributed by atoms with E-state index >= 15 is 0 Å². The van der Waals surface area contributed by atoms with Crippen molar-refractivity contribution in [2.45, 2.75) is 58.2 Å². The Labute approximate surface area is 184 Å². The molecule has 1 heterocycles. The summed E-state index contributed by atoms with van der Waals surface area (Å²) in [4.78, 5) is 9.20. The average molecular weight is 426 g/mol. The van der Waals surface area contributed by atoms with Crippen LogP contribution in [0.5, 0.6) is 11.5 Å². The lowest BCUT2D eigenvalue weighted by Gasteiger charge is -2.28. The Morgan fingerprint density at radius 3 is 2.71 bits per heavy atom. The lowest BCUT2D eigenvalue weighted by Crippen LogP contribution is -2.18. The van der Waals surface area contributed by atoms with Crippen molar-refractivity contribution in [2.75, 3.05) is 13.7 Å². The zero-order valence-electron chi connectivity index (χ0n) is 18.8. The minimum atomic E-state index is -0.554. The summed E-state index contributed by atoms with van der Waals surface area (Å²) in [6, 6.07) is 12.3. The summed E-state index contributed by atoms with van der Waals surface area (Å²) in [6.45, 7) is 7.19. The van der Waals surface area contributed by atoms with Gasteiger partial charge in [-0.2, -0.15) is 0 Å². The Hall–Kier alpha value is -2.53. The predicted molar refractivity (Wildman–Crippen MR) is 121 cm³/mol. The number of rotatable bonds is 8. The molecule has 2 aromatic rings. The van der Waals surface area contributed by atoms with Gasteiger partial charge in [0.1, 0.15) is 24.0 Å². The van der Waals surface area contributed by atoms with Gasteiger partial charge in [0.25, 0.3) is 0 Å². The highest BCUT2D eigenvalue weighted by Crippen LogP contribution is 2.43. The molecule has 0 saturated heterocycles. The number of benzene rings is 2.